The van der Waals surface area contributed by atoms with Crippen molar-refractivity contribution in [3.63, 3.8) is 0 Å². The Morgan fingerprint density at radius 2 is 1.92 bits per heavy atom. The molecule has 1 nitrogen and oxygen atoms in total. The number of hydrogen-bond acceptors (Lipinski definition) is 1. The van der Waals surface area contributed by atoms with Gasteiger partial charge in [-0.15, -0.1) is 0 Å². The van der Waals surface area contributed by atoms with Crippen LogP contribution >= 0.6 is 0 Å². The van der Waals surface area contributed by atoms with Crippen LogP contribution in [0.15, 0.2) is 0 Å². The van der Waals surface area contributed by atoms with Gasteiger partial charge in [0.15, 0.2) is 0 Å². The van der Waals surface area contributed by atoms with E-state index < -0.39 is 0 Å². The summed E-state index contributed by atoms with van der Waals surface area (Å²) in [4.78, 5) is 0. The summed E-state index contributed by atoms with van der Waals surface area (Å²) in [5.74, 6) is 0.980. The average molecular weight is 183 g/mol. The molecule has 0 aromatic carbocycles. The monoisotopic (exact) mass is 183 g/mol. The molecule has 1 saturated carbocycles. The zero-order valence-corrected chi connectivity index (χ0v) is 9.31. The molecule has 1 aliphatic carbocycles. The van der Waals surface area contributed by atoms with Crippen LogP contribution < -0.4 is 5.32 Å². The van der Waals surface area contributed by atoms with E-state index in [2.05, 4.69) is 19.2 Å². The van der Waals surface area contributed by atoms with E-state index in [0.717, 1.165) is 12.0 Å². The van der Waals surface area contributed by atoms with Crippen molar-refractivity contribution in [2.24, 2.45) is 5.92 Å². The van der Waals surface area contributed by atoms with Crippen LogP contribution in [0.4, 0.5) is 0 Å². The van der Waals surface area contributed by atoms with Crippen LogP contribution in [-0.2, 0) is 0 Å². The summed E-state index contributed by atoms with van der Waals surface area (Å²) in [6.45, 7) is 5.84. The molecule has 1 atom stereocenters. The smallest absolute Gasteiger partial charge is 0.00387 e. The van der Waals surface area contributed by atoms with Gasteiger partial charge in [0.05, 0.1) is 0 Å². The van der Waals surface area contributed by atoms with Gasteiger partial charge in [0, 0.05) is 6.04 Å². The fourth-order valence-corrected chi connectivity index (χ4v) is 2.29. The molecular weight excluding hydrogens is 158 g/mol. The highest BCUT2D eigenvalue weighted by Crippen LogP contribution is 2.22. The maximum Gasteiger partial charge on any atom is 0.00387 e. The number of rotatable bonds is 5. The third kappa shape index (κ3) is 4.66. The van der Waals surface area contributed by atoms with Crippen molar-refractivity contribution in [3.05, 3.63) is 0 Å². The van der Waals surface area contributed by atoms with Crippen LogP contribution in [0.5, 0.6) is 0 Å². The molecule has 0 saturated heterocycles. The van der Waals surface area contributed by atoms with E-state index in [1.807, 2.05) is 0 Å². The molecule has 0 heterocycles. The van der Waals surface area contributed by atoms with Crippen LogP contribution in [0.3, 0.4) is 0 Å². The van der Waals surface area contributed by atoms with Crippen molar-refractivity contribution in [2.75, 3.05) is 6.54 Å². The largest absolute Gasteiger partial charge is 0.314 e. The third-order valence-electron chi connectivity index (χ3n) is 3.20. The highest BCUT2D eigenvalue weighted by atomic mass is 14.9. The zero-order chi connectivity index (χ0) is 9.52. The molecule has 13 heavy (non-hydrogen) atoms. The molecule has 78 valence electrons. The summed E-state index contributed by atoms with van der Waals surface area (Å²) in [5, 5.41) is 3.65. The van der Waals surface area contributed by atoms with E-state index in [-0.39, 0.29) is 0 Å². The third-order valence-corrected chi connectivity index (χ3v) is 3.20. The molecular formula is C12H25N. The average Bonchev–Trinajstić information content (AvgIpc) is 2.17. The fourth-order valence-electron chi connectivity index (χ4n) is 2.29. The maximum atomic E-state index is 3.65. The van der Waals surface area contributed by atoms with Gasteiger partial charge < -0.3 is 5.32 Å². The van der Waals surface area contributed by atoms with E-state index in [1.54, 1.807) is 0 Å². The molecule has 1 N–H and O–H groups in total. The van der Waals surface area contributed by atoms with Gasteiger partial charge in [0.25, 0.3) is 0 Å². The molecule has 0 amide bonds. The number of hydrogen-bond donors (Lipinski definition) is 1. The normalized spacial score (nSPS) is 21.7. The van der Waals surface area contributed by atoms with Crippen LogP contribution in [-0.4, -0.2) is 12.6 Å². The Labute approximate surface area is 83.3 Å². The molecule has 0 aliphatic heterocycles. The second kappa shape index (κ2) is 6.42. The molecule has 1 fully saturated rings. The second-order valence-corrected chi connectivity index (χ2v) is 4.60. The lowest BCUT2D eigenvalue weighted by molar-refractivity contribution is 0.326. The Bertz CT molecular complexity index is 116. The van der Waals surface area contributed by atoms with Gasteiger partial charge in [-0.1, -0.05) is 32.6 Å². The van der Waals surface area contributed by atoms with Crippen molar-refractivity contribution in [1.29, 1.82) is 0 Å². The summed E-state index contributed by atoms with van der Waals surface area (Å²) in [5.41, 5.74) is 0. The Morgan fingerprint density at radius 1 is 1.23 bits per heavy atom. The van der Waals surface area contributed by atoms with E-state index in [0.29, 0.717) is 0 Å². The summed E-state index contributed by atoms with van der Waals surface area (Å²) >= 11 is 0. The van der Waals surface area contributed by atoms with E-state index in [1.165, 1.54) is 51.5 Å². The van der Waals surface area contributed by atoms with Gasteiger partial charge in [-0.2, -0.15) is 0 Å². The summed E-state index contributed by atoms with van der Waals surface area (Å²) in [6.07, 6.45) is 9.97. The first kappa shape index (κ1) is 11.0. The van der Waals surface area contributed by atoms with Gasteiger partial charge in [-0.3, -0.25) is 0 Å². The van der Waals surface area contributed by atoms with Crippen molar-refractivity contribution >= 4 is 0 Å². The van der Waals surface area contributed by atoms with Crippen LogP contribution in [0.2, 0.25) is 0 Å². The highest BCUT2D eigenvalue weighted by molar-refractivity contribution is 4.70. The first-order chi connectivity index (χ1) is 6.33. The fraction of sp³-hybridized carbons (Fsp3) is 1.00. The molecule has 0 unspecified atom stereocenters. The first-order valence-electron chi connectivity index (χ1n) is 6.06. The lowest BCUT2D eigenvalue weighted by Crippen LogP contribution is -2.31. The van der Waals surface area contributed by atoms with Crippen LogP contribution in [0.1, 0.15) is 58.8 Å². The van der Waals surface area contributed by atoms with Gasteiger partial charge >= 0.3 is 0 Å². The molecule has 0 spiro atoms. The first-order valence-corrected chi connectivity index (χ1v) is 6.06. The maximum absolute atomic E-state index is 3.65. The van der Waals surface area contributed by atoms with Gasteiger partial charge in [0.1, 0.15) is 0 Å². The van der Waals surface area contributed by atoms with E-state index >= 15 is 0 Å². The van der Waals surface area contributed by atoms with Crippen molar-refractivity contribution in [2.45, 2.75) is 64.8 Å². The van der Waals surface area contributed by atoms with Crippen molar-refractivity contribution in [3.8, 4) is 0 Å². The molecule has 1 rings (SSSR count). The Hall–Kier alpha value is -0.0400. The van der Waals surface area contributed by atoms with Crippen LogP contribution in [0, 0.1) is 5.92 Å². The molecule has 0 aromatic rings. The van der Waals surface area contributed by atoms with Crippen LogP contribution in [0.25, 0.3) is 0 Å². The van der Waals surface area contributed by atoms with Gasteiger partial charge in [0.2, 0.25) is 0 Å². The van der Waals surface area contributed by atoms with Gasteiger partial charge in [-0.05, 0) is 38.6 Å². The van der Waals surface area contributed by atoms with Crippen molar-refractivity contribution in [1.82, 2.24) is 5.32 Å². The Kier molecular flexibility index (Phi) is 5.45. The van der Waals surface area contributed by atoms with E-state index in [9.17, 15) is 0 Å². The lowest BCUT2D eigenvalue weighted by atomic mass is 9.89. The predicted octanol–water partition coefficient (Wildman–Crippen LogP) is 3.34. The molecule has 0 bridgehead atoms. The Morgan fingerprint density at radius 3 is 2.54 bits per heavy atom. The molecule has 0 aromatic heterocycles. The minimum Gasteiger partial charge on any atom is -0.314 e. The number of nitrogens with one attached hydrogen (secondary N) is 1. The molecule has 1 heteroatoms. The highest BCUT2D eigenvalue weighted by Gasteiger charge is 2.13. The standard InChI is InChI=1S/C12H25N/c1-3-7-11(2)13-10-12-8-5-4-6-9-12/h11-13H,3-10H2,1-2H3/t11-/m0/s1. The quantitative estimate of drug-likeness (QED) is 0.689. The second-order valence-electron chi connectivity index (χ2n) is 4.60. The molecule has 0 radical (unpaired) electrons. The van der Waals surface area contributed by atoms with Gasteiger partial charge in [-0.25, -0.2) is 0 Å². The SMILES string of the molecule is CCC[C@H](C)NCC1CCCCC1. The summed E-state index contributed by atoms with van der Waals surface area (Å²) in [6, 6.07) is 0.729. The Balaban J connectivity index is 2.03. The predicted molar refractivity (Wildman–Crippen MR) is 58.9 cm³/mol. The zero-order valence-electron chi connectivity index (χ0n) is 9.31. The summed E-state index contributed by atoms with van der Waals surface area (Å²) < 4.78 is 0. The minimum absolute atomic E-state index is 0.729. The van der Waals surface area contributed by atoms with E-state index in [4.69, 9.17) is 0 Å². The topological polar surface area (TPSA) is 12.0 Å². The minimum atomic E-state index is 0.729. The summed E-state index contributed by atoms with van der Waals surface area (Å²) in [7, 11) is 0. The van der Waals surface area contributed by atoms with Crippen molar-refractivity contribution < 1.29 is 0 Å². The lowest BCUT2D eigenvalue weighted by Gasteiger charge is -2.23. The molecule has 1 aliphatic rings.